The second kappa shape index (κ2) is 8.75. The molecule has 0 aliphatic carbocycles. The Labute approximate surface area is 201 Å². The van der Waals surface area contributed by atoms with Crippen molar-refractivity contribution in [1.29, 1.82) is 0 Å². The molecule has 0 saturated heterocycles. The van der Waals surface area contributed by atoms with Crippen LogP contribution >= 0.6 is 0 Å². The monoisotopic (exact) mass is 466 g/mol. The van der Waals surface area contributed by atoms with E-state index in [1.807, 2.05) is 47.0 Å². The first-order valence-corrected chi connectivity index (χ1v) is 11.8. The third-order valence-corrected chi connectivity index (χ3v) is 6.62. The minimum atomic E-state index is 0.170. The van der Waals surface area contributed by atoms with Crippen LogP contribution in [0, 0.1) is 6.92 Å². The number of nitrogens with zero attached hydrogens (tertiary/aromatic N) is 5. The van der Waals surface area contributed by atoms with Crippen LogP contribution in [0.2, 0.25) is 0 Å². The molecule has 4 aromatic heterocycles. The van der Waals surface area contributed by atoms with E-state index in [2.05, 4.69) is 48.7 Å². The maximum absolute atomic E-state index is 12.6. The first-order chi connectivity index (χ1) is 17.1. The number of imidazole rings is 1. The lowest BCUT2D eigenvalue weighted by atomic mass is 10.0. The molecule has 176 valence electrons. The lowest BCUT2D eigenvalue weighted by Crippen LogP contribution is -2.35. The Balaban J connectivity index is 1.18. The molecule has 1 aliphatic heterocycles. The topological polar surface area (TPSA) is 108 Å². The number of carbonyl (C=O) groups is 1. The average Bonchev–Trinajstić information content (AvgIpc) is 3.64. The van der Waals surface area contributed by atoms with E-state index < -0.39 is 0 Å². The molecule has 0 saturated carbocycles. The number of aromatic amines is 2. The predicted molar refractivity (Wildman–Crippen MR) is 136 cm³/mol. The fraction of sp³-hybridized carbons (Fsp3) is 0.231. The molecule has 5 heterocycles. The number of hydrogen-bond acceptors (Lipinski definition) is 5. The fourth-order valence-corrected chi connectivity index (χ4v) is 4.63. The molecular formula is C26H26N8O. The highest BCUT2D eigenvalue weighted by Crippen LogP contribution is 2.31. The van der Waals surface area contributed by atoms with Gasteiger partial charge in [0.05, 0.1) is 23.2 Å². The number of rotatable bonds is 6. The molecule has 6 rings (SSSR count). The van der Waals surface area contributed by atoms with E-state index in [0.29, 0.717) is 26.1 Å². The highest BCUT2D eigenvalue weighted by atomic mass is 16.2. The smallest absolute Gasteiger partial charge is 0.224 e. The van der Waals surface area contributed by atoms with Gasteiger partial charge in [0.25, 0.3) is 0 Å². The fourth-order valence-electron chi connectivity index (χ4n) is 4.63. The summed E-state index contributed by atoms with van der Waals surface area (Å²) in [5, 5.41) is 13.0. The van der Waals surface area contributed by atoms with E-state index in [1.165, 1.54) is 5.57 Å². The molecule has 9 heteroatoms. The van der Waals surface area contributed by atoms with Gasteiger partial charge in [0, 0.05) is 66.8 Å². The van der Waals surface area contributed by atoms with E-state index in [9.17, 15) is 4.79 Å². The summed E-state index contributed by atoms with van der Waals surface area (Å²) in [6, 6.07) is 10.3. The van der Waals surface area contributed by atoms with E-state index in [-0.39, 0.29) is 5.91 Å². The van der Waals surface area contributed by atoms with Crippen LogP contribution in [0.25, 0.3) is 27.5 Å². The summed E-state index contributed by atoms with van der Waals surface area (Å²) >= 11 is 0. The number of aromatic nitrogens is 6. The summed E-state index contributed by atoms with van der Waals surface area (Å²) in [7, 11) is 0. The van der Waals surface area contributed by atoms with Crippen LogP contribution in [-0.4, -0.2) is 53.6 Å². The summed E-state index contributed by atoms with van der Waals surface area (Å²) < 4.78 is 1.93. The van der Waals surface area contributed by atoms with Crippen molar-refractivity contribution in [2.45, 2.75) is 26.3 Å². The molecule has 0 radical (unpaired) electrons. The third-order valence-electron chi connectivity index (χ3n) is 6.62. The first-order valence-electron chi connectivity index (χ1n) is 11.8. The number of hydrogen-bond donors (Lipinski definition) is 3. The summed E-state index contributed by atoms with van der Waals surface area (Å²) in [5.41, 5.74) is 7.09. The van der Waals surface area contributed by atoms with Gasteiger partial charge in [0.15, 0.2) is 0 Å². The number of aryl methyl sites for hydroxylation is 2. The number of anilines is 2. The standard InChI is InChI=1S/C26H26N8O/c1-17-20-14-19(2-3-23(20)32-31-17)29-22-4-8-28-26-21(22)15-24(30-26)18-5-11-34(12-6-18)25(35)7-10-33-13-9-27-16-33/h2-5,8-9,13-16H,6-7,10-12H2,1H3,(H,31,32)(H2,28,29,30). The van der Waals surface area contributed by atoms with E-state index >= 15 is 0 Å². The Kier molecular flexibility index (Phi) is 5.29. The van der Waals surface area contributed by atoms with Gasteiger partial charge in [-0.2, -0.15) is 5.10 Å². The SMILES string of the molecule is Cc1n[nH]c2ccc(Nc3ccnc4[nH]c(C5=CCN(C(=O)CCn6ccnc6)CC5)cc34)cc12. The van der Waals surface area contributed by atoms with Gasteiger partial charge in [-0.05, 0) is 49.2 Å². The number of carbonyl (C=O) groups excluding carboxylic acids is 1. The number of nitrogens with one attached hydrogen (secondary N) is 3. The van der Waals surface area contributed by atoms with Crippen molar-refractivity contribution in [3.8, 4) is 0 Å². The minimum absolute atomic E-state index is 0.170. The summed E-state index contributed by atoms with van der Waals surface area (Å²) in [6.07, 6.45) is 10.6. The van der Waals surface area contributed by atoms with Gasteiger partial charge in [0.2, 0.25) is 5.91 Å². The van der Waals surface area contributed by atoms with Gasteiger partial charge in [0.1, 0.15) is 5.65 Å². The molecule has 0 atom stereocenters. The van der Waals surface area contributed by atoms with Crippen molar-refractivity contribution in [2.24, 2.45) is 0 Å². The number of amides is 1. The molecular weight excluding hydrogens is 440 g/mol. The molecule has 3 N–H and O–H groups in total. The molecule has 0 unspecified atom stereocenters. The van der Waals surface area contributed by atoms with Crippen LogP contribution in [-0.2, 0) is 11.3 Å². The maximum Gasteiger partial charge on any atom is 0.224 e. The van der Waals surface area contributed by atoms with Crippen LogP contribution in [0.3, 0.4) is 0 Å². The van der Waals surface area contributed by atoms with Gasteiger partial charge >= 0.3 is 0 Å². The Bertz CT molecular complexity index is 1540. The number of pyridine rings is 1. The summed E-state index contributed by atoms with van der Waals surface area (Å²) in [5.74, 6) is 0.170. The van der Waals surface area contributed by atoms with Crippen molar-refractivity contribution in [3.63, 3.8) is 0 Å². The highest BCUT2D eigenvalue weighted by Gasteiger charge is 2.19. The molecule has 5 aromatic rings. The zero-order chi connectivity index (χ0) is 23.8. The zero-order valence-corrected chi connectivity index (χ0v) is 19.5. The Hall–Kier alpha value is -4.40. The van der Waals surface area contributed by atoms with Crippen LogP contribution < -0.4 is 5.32 Å². The molecule has 0 bridgehead atoms. The average molecular weight is 467 g/mol. The van der Waals surface area contributed by atoms with Crippen molar-refractivity contribution < 1.29 is 4.79 Å². The Morgan fingerprint density at radius 1 is 1.17 bits per heavy atom. The van der Waals surface area contributed by atoms with Crippen molar-refractivity contribution >= 4 is 44.8 Å². The van der Waals surface area contributed by atoms with Gasteiger partial charge in [-0.1, -0.05) is 6.08 Å². The normalized spacial score (nSPS) is 14.0. The van der Waals surface area contributed by atoms with E-state index in [4.69, 9.17) is 0 Å². The largest absolute Gasteiger partial charge is 0.355 e. The number of benzene rings is 1. The number of H-pyrrole nitrogens is 2. The molecule has 1 amide bonds. The van der Waals surface area contributed by atoms with Gasteiger partial charge < -0.3 is 19.8 Å². The second-order valence-corrected chi connectivity index (χ2v) is 8.87. The molecule has 0 spiro atoms. The Morgan fingerprint density at radius 3 is 2.94 bits per heavy atom. The first kappa shape index (κ1) is 21.2. The van der Waals surface area contributed by atoms with Gasteiger partial charge in [-0.25, -0.2) is 9.97 Å². The minimum Gasteiger partial charge on any atom is -0.355 e. The zero-order valence-electron chi connectivity index (χ0n) is 19.5. The lowest BCUT2D eigenvalue weighted by Gasteiger charge is -2.26. The van der Waals surface area contributed by atoms with E-state index in [1.54, 1.807) is 12.5 Å². The van der Waals surface area contributed by atoms with Crippen molar-refractivity contribution in [2.75, 3.05) is 18.4 Å². The molecule has 1 aromatic carbocycles. The molecule has 1 aliphatic rings. The van der Waals surface area contributed by atoms with Gasteiger partial charge in [-0.3, -0.25) is 9.89 Å². The molecule has 9 nitrogen and oxygen atoms in total. The van der Waals surface area contributed by atoms with Crippen LogP contribution in [0.1, 0.15) is 24.2 Å². The summed E-state index contributed by atoms with van der Waals surface area (Å²) in [6.45, 7) is 3.99. The quantitative estimate of drug-likeness (QED) is 0.344. The lowest BCUT2D eigenvalue weighted by molar-refractivity contribution is -0.131. The molecule has 0 fully saturated rings. The maximum atomic E-state index is 12.6. The van der Waals surface area contributed by atoms with Crippen LogP contribution in [0.15, 0.2) is 61.3 Å². The van der Waals surface area contributed by atoms with Gasteiger partial charge in [-0.15, -0.1) is 0 Å². The third kappa shape index (κ3) is 4.16. The second-order valence-electron chi connectivity index (χ2n) is 8.87. The van der Waals surface area contributed by atoms with Crippen molar-refractivity contribution in [1.82, 2.24) is 34.6 Å². The van der Waals surface area contributed by atoms with Crippen LogP contribution in [0.5, 0.6) is 0 Å². The highest BCUT2D eigenvalue weighted by molar-refractivity contribution is 5.95. The van der Waals surface area contributed by atoms with E-state index in [0.717, 1.165) is 51.1 Å². The number of fused-ring (bicyclic) bond motifs is 2. The summed E-state index contributed by atoms with van der Waals surface area (Å²) in [4.78, 5) is 26.6. The van der Waals surface area contributed by atoms with Crippen molar-refractivity contribution in [3.05, 3.63) is 72.7 Å². The molecule has 35 heavy (non-hydrogen) atoms. The predicted octanol–water partition coefficient (Wildman–Crippen LogP) is 4.39. The van der Waals surface area contributed by atoms with Crippen LogP contribution in [0.4, 0.5) is 11.4 Å². The Morgan fingerprint density at radius 2 is 2.11 bits per heavy atom.